The lowest BCUT2D eigenvalue weighted by Gasteiger charge is -2.12. The maximum Gasteiger partial charge on any atom is 0.258 e. The number of amides is 1. The SMILES string of the molecule is COc1ccc(Nc2ncc(C(=O)Nc3ccc(Cl)cc3C)cn2)c(OC)c1. The summed E-state index contributed by atoms with van der Waals surface area (Å²) in [5.41, 5.74) is 2.56. The molecule has 0 bridgehead atoms. The molecule has 0 aliphatic carbocycles. The van der Waals surface area contributed by atoms with Crippen LogP contribution in [0.25, 0.3) is 0 Å². The normalized spacial score (nSPS) is 10.3. The summed E-state index contributed by atoms with van der Waals surface area (Å²) in [7, 11) is 3.15. The third-order valence-electron chi connectivity index (χ3n) is 4.01. The Hall–Kier alpha value is -3.32. The Kier molecular flexibility index (Phi) is 5.96. The highest BCUT2D eigenvalue weighted by Crippen LogP contribution is 2.30. The topological polar surface area (TPSA) is 85.4 Å². The number of methoxy groups -OCH3 is 2. The number of hydrogen-bond donors (Lipinski definition) is 2. The molecule has 1 amide bonds. The van der Waals surface area contributed by atoms with Crippen LogP contribution < -0.4 is 20.1 Å². The van der Waals surface area contributed by atoms with E-state index in [1.807, 2.05) is 6.92 Å². The molecule has 2 aromatic carbocycles. The predicted octanol–water partition coefficient (Wildman–Crippen LogP) is 4.45. The van der Waals surface area contributed by atoms with Gasteiger partial charge in [-0.3, -0.25) is 4.79 Å². The van der Waals surface area contributed by atoms with Gasteiger partial charge in [-0.15, -0.1) is 0 Å². The van der Waals surface area contributed by atoms with Crippen LogP contribution in [-0.2, 0) is 0 Å². The Morgan fingerprint density at radius 1 is 1.00 bits per heavy atom. The second kappa shape index (κ2) is 8.58. The lowest BCUT2D eigenvalue weighted by molar-refractivity contribution is 0.102. The summed E-state index contributed by atoms with van der Waals surface area (Å²) in [6, 6.07) is 10.6. The van der Waals surface area contributed by atoms with Crippen LogP contribution in [0.3, 0.4) is 0 Å². The average molecular weight is 399 g/mol. The van der Waals surface area contributed by atoms with Crippen molar-refractivity contribution < 1.29 is 14.3 Å². The maximum atomic E-state index is 12.4. The Labute approximate surface area is 167 Å². The minimum atomic E-state index is -0.306. The highest BCUT2D eigenvalue weighted by molar-refractivity contribution is 6.30. The van der Waals surface area contributed by atoms with Gasteiger partial charge in [0.15, 0.2) is 0 Å². The second-order valence-corrected chi connectivity index (χ2v) is 6.34. The largest absolute Gasteiger partial charge is 0.497 e. The van der Waals surface area contributed by atoms with Crippen molar-refractivity contribution in [1.29, 1.82) is 0 Å². The van der Waals surface area contributed by atoms with E-state index in [4.69, 9.17) is 21.1 Å². The van der Waals surface area contributed by atoms with Crippen LogP contribution in [0.4, 0.5) is 17.3 Å². The molecule has 0 spiro atoms. The van der Waals surface area contributed by atoms with E-state index in [9.17, 15) is 4.79 Å². The molecule has 1 heterocycles. The first-order valence-electron chi connectivity index (χ1n) is 8.38. The van der Waals surface area contributed by atoms with E-state index in [2.05, 4.69) is 20.6 Å². The fourth-order valence-electron chi connectivity index (χ4n) is 2.49. The van der Waals surface area contributed by atoms with E-state index in [0.717, 1.165) is 5.56 Å². The van der Waals surface area contributed by atoms with Gasteiger partial charge in [0.25, 0.3) is 5.91 Å². The van der Waals surface area contributed by atoms with Crippen LogP contribution in [0.15, 0.2) is 48.8 Å². The van der Waals surface area contributed by atoms with Crippen molar-refractivity contribution >= 4 is 34.8 Å². The number of benzene rings is 2. The molecular weight excluding hydrogens is 380 g/mol. The number of carbonyl (C=O) groups excluding carboxylic acids is 1. The summed E-state index contributed by atoms with van der Waals surface area (Å²) in [6.07, 6.45) is 2.90. The number of aryl methyl sites for hydroxylation is 1. The van der Waals surface area contributed by atoms with E-state index in [0.29, 0.717) is 39.4 Å². The van der Waals surface area contributed by atoms with Crippen molar-refractivity contribution in [1.82, 2.24) is 9.97 Å². The maximum absolute atomic E-state index is 12.4. The molecule has 0 saturated carbocycles. The minimum Gasteiger partial charge on any atom is -0.497 e. The van der Waals surface area contributed by atoms with Gasteiger partial charge >= 0.3 is 0 Å². The van der Waals surface area contributed by atoms with Gasteiger partial charge < -0.3 is 20.1 Å². The molecule has 8 heteroatoms. The van der Waals surface area contributed by atoms with Crippen LogP contribution >= 0.6 is 11.6 Å². The molecule has 144 valence electrons. The van der Waals surface area contributed by atoms with E-state index in [1.165, 1.54) is 12.4 Å². The van der Waals surface area contributed by atoms with E-state index in [1.54, 1.807) is 50.6 Å². The Morgan fingerprint density at radius 3 is 2.36 bits per heavy atom. The summed E-state index contributed by atoms with van der Waals surface area (Å²) in [6.45, 7) is 1.87. The molecule has 3 rings (SSSR count). The number of halogens is 1. The number of rotatable bonds is 6. The number of ether oxygens (including phenoxy) is 2. The molecule has 7 nitrogen and oxygen atoms in total. The third kappa shape index (κ3) is 4.50. The number of hydrogen-bond acceptors (Lipinski definition) is 6. The highest BCUT2D eigenvalue weighted by Gasteiger charge is 2.11. The zero-order valence-corrected chi connectivity index (χ0v) is 16.4. The number of carbonyl (C=O) groups is 1. The van der Waals surface area contributed by atoms with Crippen LogP contribution in [0.2, 0.25) is 5.02 Å². The van der Waals surface area contributed by atoms with Crippen LogP contribution in [0.5, 0.6) is 11.5 Å². The summed E-state index contributed by atoms with van der Waals surface area (Å²) < 4.78 is 10.5. The molecule has 28 heavy (non-hydrogen) atoms. The summed E-state index contributed by atoms with van der Waals surface area (Å²) in [5.74, 6) is 1.29. The predicted molar refractivity (Wildman–Crippen MR) is 109 cm³/mol. The molecule has 0 unspecified atom stereocenters. The van der Waals surface area contributed by atoms with E-state index < -0.39 is 0 Å². The van der Waals surface area contributed by atoms with Crippen molar-refractivity contribution in [2.45, 2.75) is 6.92 Å². The van der Waals surface area contributed by atoms with Gasteiger partial charge in [0.2, 0.25) is 5.95 Å². The Bertz CT molecular complexity index is 993. The molecule has 0 fully saturated rings. The molecule has 0 aliphatic heterocycles. The molecule has 3 aromatic rings. The summed E-state index contributed by atoms with van der Waals surface area (Å²) in [5, 5.41) is 6.49. The molecule has 0 radical (unpaired) electrons. The molecule has 1 aromatic heterocycles. The van der Waals surface area contributed by atoms with Crippen molar-refractivity contribution in [3.8, 4) is 11.5 Å². The molecule has 0 aliphatic rings. The van der Waals surface area contributed by atoms with Crippen molar-refractivity contribution in [3.63, 3.8) is 0 Å². The van der Waals surface area contributed by atoms with Crippen molar-refractivity contribution in [2.24, 2.45) is 0 Å². The van der Waals surface area contributed by atoms with E-state index in [-0.39, 0.29) is 5.91 Å². The van der Waals surface area contributed by atoms with Crippen molar-refractivity contribution in [3.05, 3.63) is 64.9 Å². The zero-order valence-electron chi connectivity index (χ0n) is 15.6. The quantitative estimate of drug-likeness (QED) is 0.638. The van der Waals surface area contributed by atoms with Crippen LogP contribution in [0.1, 0.15) is 15.9 Å². The number of aromatic nitrogens is 2. The van der Waals surface area contributed by atoms with Gasteiger partial charge in [-0.25, -0.2) is 9.97 Å². The van der Waals surface area contributed by atoms with Gasteiger partial charge in [-0.1, -0.05) is 11.6 Å². The standard InChI is InChI=1S/C20H19ClN4O3/c1-12-8-14(21)4-6-16(12)24-19(26)13-10-22-20(23-11-13)25-17-7-5-15(27-2)9-18(17)28-3/h4-11H,1-3H3,(H,24,26)(H,22,23,25). The second-order valence-electron chi connectivity index (χ2n) is 5.90. The average Bonchev–Trinajstić information content (AvgIpc) is 2.71. The van der Waals surface area contributed by atoms with Gasteiger partial charge in [0.05, 0.1) is 25.5 Å². The van der Waals surface area contributed by atoms with Crippen LogP contribution in [-0.4, -0.2) is 30.1 Å². The number of nitrogens with zero attached hydrogens (tertiary/aromatic N) is 2. The van der Waals surface area contributed by atoms with Gasteiger partial charge in [0, 0.05) is 29.2 Å². The fourth-order valence-corrected chi connectivity index (χ4v) is 2.72. The number of anilines is 3. The summed E-state index contributed by atoms with van der Waals surface area (Å²) >= 11 is 5.94. The van der Waals surface area contributed by atoms with Gasteiger partial charge in [0.1, 0.15) is 11.5 Å². The highest BCUT2D eigenvalue weighted by atomic mass is 35.5. The number of nitrogens with one attached hydrogen (secondary N) is 2. The Morgan fingerprint density at radius 2 is 1.71 bits per heavy atom. The molecular formula is C20H19ClN4O3. The van der Waals surface area contributed by atoms with E-state index >= 15 is 0 Å². The van der Waals surface area contributed by atoms with Crippen molar-refractivity contribution in [2.75, 3.05) is 24.9 Å². The first-order valence-corrected chi connectivity index (χ1v) is 8.76. The first kappa shape index (κ1) is 19.4. The monoisotopic (exact) mass is 398 g/mol. The molecule has 0 saturated heterocycles. The summed E-state index contributed by atoms with van der Waals surface area (Å²) in [4.78, 5) is 20.8. The van der Waals surface area contributed by atoms with Gasteiger partial charge in [-0.2, -0.15) is 0 Å². The third-order valence-corrected chi connectivity index (χ3v) is 4.24. The smallest absolute Gasteiger partial charge is 0.258 e. The first-order chi connectivity index (χ1) is 13.5. The fraction of sp³-hybridized carbons (Fsp3) is 0.150. The molecule has 0 atom stereocenters. The van der Waals surface area contributed by atoms with Gasteiger partial charge in [-0.05, 0) is 42.8 Å². The Balaban J connectivity index is 1.72. The lowest BCUT2D eigenvalue weighted by Crippen LogP contribution is -2.14. The molecule has 2 N–H and O–H groups in total. The minimum absolute atomic E-state index is 0.306. The van der Waals surface area contributed by atoms with Crippen LogP contribution in [0, 0.1) is 6.92 Å². The zero-order chi connectivity index (χ0) is 20.1. The lowest BCUT2D eigenvalue weighted by atomic mass is 10.2.